The Morgan fingerprint density at radius 1 is 1.06 bits per heavy atom. The van der Waals surface area contributed by atoms with Gasteiger partial charge in [0.05, 0.1) is 6.61 Å². The van der Waals surface area contributed by atoms with Gasteiger partial charge < -0.3 is 15.2 Å². The first-order valence-electron chi connectivity index (χ1n) is 6.70. The Bertz CT molecular complexity index is 156. The zero-order valence-electron chi connectivity index (χ0n) is 11.8. The van der Waals surface area contributed by atoms with Crippen molar-refractivity contribution in [3.8, 4) is 0 Å². The van der Waals surface area contributed by atoms with Crippen LogP contribution in [0.1, 0.15) is 32.6 Å². The normalized spacial score (nSPS) is 13.2. The first-order valence-corrected chi connectivity index (χ1v) is 6.70. The number of nitrogens with two attached hydrogens (primary N) is 1. The van der Waals surface area contributed by atoms with E-state index in [0.717, 1.165) is 45.7 Å². The third-order valence-electron chi connectivity index (χ3n) is 2.86. The molecule has 0 aromatic rings. The van der Waals surface area contributed by atoms with Crippen LogP contribution in [0.4, 0.5) is 0 Å². The molecule has 2 N–H and O–H groups in total. The molecule has 104 valence electrons. The van der Waals surface area contributed by atoms with E-state index in [2.05, 4.69) is 11.8 Å². The maximum absolute atomic E-state index is 6.12. The van der Waals surface area contributed by atoms with E-state index in [0.29, 0.717) is 0 Å². The third-order valence-corrected chi connectivity index (χ3v) is 2.86. The van der Waals surface area contributed by atoms with Gasteiger partial charge in [0, 0.05) is 46.5 Å². The van der Waals surface area contributed by atoms with Gasteiger partial charge in [-0.1, -0.05) is 19.8 Å². The first-order chi connectivity index (χ1) is 8.24. The molecule has 4 nitrogen and oxygen atoms in total. The standard InChI is InChI=1S/C13H30N2O2/c1-4-5-7-13(14)12-15(9-11-17-3)8-6-10-16-2/h13H,4-12,14H2,1-3H3. The summed E-state index contributed by atoms with van der Waals surface area (Å²) in [5.74, 6) is 0. The number of hydrogen-bond acceptors (Lipinski definition) is 4. The summed E-state index contributed by atoms with van der Waals surface area (Å²) in [5.41, 5.74) is 6.12. The minimum atomic E-state index is 0.286. The van der Waals surface area contributed by atoms with E-state index < -0.39 is 0 Å². The maximum Gasteiger partial charge on any atom is 0.0589 e. The van der Waals surface area contributed by atoms with Crippen molar-refractivity contribution in [1.82, 2.24) is 4.90 Å². The fourth-order valence-electron chi connectivity index (χ4n) is 1.84. The summed E-state index contributed by atoms with van der Waals surface area (Å²) in [6.45, 7) is 6.75. The molecule has 0 fully saturated rings. The van der Waals surface area contributed by atoms with Crippen LogP contribution in [0, 0.1) is 0 Å². The molecule has 0 amide bonds. The molecule has 4 heteroatoms. The SMILES string of the molecule is CCCCC(N)CN(CCCOC)CCOC. The smallest absolute Gasteiger partial charge is 0.0589 e. The summed E-state index contributed by atoms with van der Waals surface area (Å²) in [4.78, 5) is 2.38. The second-order valence-electron chi connectivity index (χ2n) is 4.54. The summed E-state index contributed by atoms with van der Waals surface area (Å²) < 4.78 is 10.2. The van der Waals surface area contributed by atoms with Crippen LogP contribution in [-0.2, 0) is 9.47 Å². The van der Waals surface area contributed by atoms with Gasteiger partial charge in [-0.15, -0.1) is 0 Å². The number of ether oxygens (including phenoxy) is 2. The molecule has 0 aromatic carbocycles. The molecular weight excluding hydrogens is 216 g/mol. The number of methoxy groups -OCH3 is 2. The van der Waals surface area contributed by atoms with Crippen LogP contribution < -0.4 is 5.73 Å². The van der Waals surface area contributed by atoms with Crippen molar-refractivity contribution < 1.29 is 9.47 Å². The molecule has 0 aliphatic carbocycles. The minimum absolute atomic E-state index is 0.286. The molecule has 0 rings (SSSR count). The summed E-state index contributed by atoms with van der Waals surface area (Å²) in [6, 6.07) is 0.286. The predicted molar refractivity (Wildman–Crippen MR) is 72.3 cm³/mol. The van der Waals surface area contributed by atoms with Crippen LogP contribution in [0.5, 0.6) is 0 Å². The molecule has 0 bridgehead atoms. The number of hydrogen-bond donors (Lipinski definition) is 1. The molecule has 0 saturated carbocycles. The van der Waals surface area contributed by atoms with Crippen molar-refractivity contribution in [2.75, 3.05) is 47.1 Å². The zero-order valence-corrected chi connectivity index (χ0v) is 11.8. The quantitative estimate of drug-likeness (QED) is 0.530. The topological polar surface area (TPSA) is 47.7 Å². The van der Waals surface area contributed by atoms with Crippen molar-refractivity contribution in [1.29, 1.82) is 0 Å². The highest BCUT2D eigenvalue weighted by Gasteiger charge is 2.09. The van der Waals surface area contributed by atoms with Crippen LogP contribution in [0.15, 0.2) is 0 Å². The molecule has 0 aliphatic rings. The summed E-state index contributed by atoms with van der Waals surface area (Å²) in [6.07, 6.45) is 4.61. The van der Waals surface area contributed by atoms with E-state index in [1.165, 1.54) is 12.8 Å². The molecule has 0 spiro atoms. The largest absolute Gasteiger partial charge is 0.385 e. The molecule has 1 unspecified atom stereocenters. The lowest BCUT2D eigenvalue weighted by molar-refractivity contribution is 0.128. The summed E-state index contributed by atoms with van der Waals surface area (Å²) in [7, 11) is 3.48. The Morgan fingerprint density at radius 3 is 2.35 bits per heavy atom. The summed E-state index contributed by atoms with van der Waals surface area (Å²) in [5, 5.41) is 0. The highest BCUT2D eigenvalue weighted by Crippen LogP contribution is 2.02. The van der Waals surface area contributed by atoms with Crippen molar-refractivity contribution in [3.63, 3.8) is 0 Å². The number of nitrogens with zero attached hydrogens (tertiary/aromatic N) is 1. The minimum Gasteiger partial charge on any atom is -0.385 e. The molecule has 1 atom stereocenters. The molecule has 17 heavy (non-hydrogen) atoms. The van der Waals surface area contributed by atoms with E-state index in [1.54, 1.807) is 14.2 Å². The van der Waals surface area contributed by atoms with Crippen LogP contribution in [0.25, 0.3) is 0 Å². The van der Waals surface area contributed by atoms with Gasteiger partial charge in [-0.05, 0) is 12.8 Å². The molecule has 0 radical (unpaired) electrons. The predicted octanol–water partition coefficient (Wildman–Crippen LogP) is 1.49. The lowest BCUT2D eigenvalue weighted by atomic mass is 10.1. The molecule has 0 saturated heterocycles. The number of unbranched alkanes of at least 4 members (excludes halogenated alkanes) is 1. The van der Waals surface area contributed by atoms with Gasteiger partial charge in [0.2, 0.25) is 0 Å². The highest BCUT2D eigenvalue weighted by atomic mass is 16.5. The van der Waals surface area contributed by atoms with Gasteiger partial charge in [-0.25, -0.2) is 0 Å². The van der Waals surface area contributed by atoms with Gasteiger partial charge in [-0.3, -0.25) is 4.90 Å². The van der Waals surface area contributed by atoms with Crippen LogP contribution in [0.2, 0.25) is 0 Å². The van der Waals surface area contributed by atoms with Gasteiger partial charge in [0.15, 0.2) is 0 Å². The van der Waals surface area contributed by atoms with E-state index in [-0.39, 0.29) is 6.04 Å². The average Bonchev–Trinajstić information content (AvgIpc) is 2.33. The van der Waals surface area contributed by atoms with E-state index >= 15 is 0 Å². The van der Waals surface area contributed by atoms with E-state index in [9.17, 15) is 0 Å². The number of rotatable bonds is 12. The third kappa shape index (κ3) is 10.7. The van der Waals surface area contributed by atoms with Gasteiger partial charge in [0.1, 0.15) is 0 Å². The van der Waals surface area contributed by atoms with Crippen molar-refractivity contribution in [2.45, 2.75) is 38.6 Å². The first kappa shape index (κ1) is 16.8. The van der Waals surface area contributed by atoms with Gasteiger partial charge in [0.25, 0.3) is 0 Å². The Kier molecular flexibility index (Phi) is 12.2. The molecule has 0 heterocycles. The molecular formula is C13H30N2O2. The fourth-order valence-corrected chi connectivity index (χ4v) is 1.84. The van der Waals surface area contributed by atoms with Crippen molar-refractivity contribution in [2.24, 2.45) is 5.73 Å². The highest BCUT2D eigenvalue weighted by molar-refractivity contribution is 4.68. The lowest BCUT2D eigenvalue weighted by Gasteiger charge is -2.25. The Labute approximate surface area is 106 Å². The van der Waals surface area contributed by atoms with Crippen LogP contribution in [0.3, 0.4) is 0 Å². The van der Waals surface area contributed by atoms with Crippen molar-refractivity contribution >= 4 is 0 Å². The lowest BCUT2D eigenvalue weighted by Crippen LogP contribution is -2.40. The second-order valence-corrected chi connectivity index (χ2v) is 4.54. The Balaban J connectivity index is 3.81. The fraction of sp³-hybridized carbons (Fsp3) is 1.00. The van der Waals surface area contributed by atoms with Crippen LogP contribution >= 0.6 is 0 Å². The molecule has 0 aliphatic heterocycles. The van der Waals surface area contributed by atoms with E-state index in [1.807, 2.05) is 0 Å². The van der Waals surface area contributed by atoms with Gasteiger partial charge >= 0.3 is 0 Å². The monoisotopic (exact) mass is 246 g/mol. The summed E-state index contributed by atoms with van der Waals surface area (Å²) >= 11 is 0. The maximum atomic E-state index is 6.12. The van der Waals surface area contributed by atoms with Gasteiger partial charge in [-0.2, -0.15) is 0 Å². The zero-order chi connectivity index (χ0) is 12.9. The van der Waals surface area contributed by atoms with Crippen molar-refractivity contribution in [3.05, 3.63) is 0 Å². The van der Waals surface area contributed by atoms with E-state index in [4.69, 9.17) is 15.2 Å². The van der Waals surface area contributed by atoms with Crippen LogP contribution in [-0.4, -0.2) is 58.0 Å². The molecule has 0 aromatic heterocycles. The second kappa shape index (κ2) is 12.3. The Morgan fingerprint density at radius 2 is 1.76 bits per heavy atom. The average molecular weight is 246 g/mol. The Hall–Kier alpha value is -0.160.